The molecule has 2 aliphatic rings. The molecule has 0 bridgehead atoms. The first-order valence-electron chi connectivity index (χ1n) is 13.8. The van der Waals surface area contributed by atoms with Crippen LogP contribution in [0, 0.1) is 0 Å². The van der Waals surface area contributed by atoms with Gasteiger partial charge in [-0.15, -0.1) is 0 Å². The van der Waals surface area contributed by atoms with Gasteiger partial charge in [0.05, 0.1) is 18.5 Å². The van der Waals surface area contributed by atoms with Crippen LogP contribution >= 0.6 is 0 Å². The predicted octanol–water partition coefficient (Wildman–Crippen LogP) is 5.31. The molecular weight excluding hydrogens is 464 g/mol. The maximum atomic E-state index is 13.4. The summed E-state index contributed by atoms with van der Waals surface area (Å²) < 4.78 is 7.53. The molecule has 200 valence electrons. The van der Waals surface area contributed by atoms with Crippen molar-refractivity contribution in [1.82, 2.24) is 24.4 Å². The van der Waals surface area contributed by atoms with Crippen molar-refractivity contribution in [2.45, 2.75) is 89.8 Å². The Morgan fingerprint density at radius 3 is 2.62 bits per heavy atom. The number of hydrogen-bond acceptors (Lipinski definition) is 6. The fraction of sp³-hybridized carbons (Fsp3) is 0.586. The van der Waals surface area contributed by atoms with E-state index in [1.54, 1.807) is 25.4 Å². The lowest BCUT2D eigenvalue weighted by Crippen LogP contribution is -2.43. The number of ether oxygens (including phenoxy) is 1. The standard InChI is InChI=1S/C29H42N6O2/c1-6-24-25(7-2)34(19-17-27(36)33(8-3)23-12-10-9-11-13-23)28(31-24)22-15-14-21(4)35(20-22)29-30-18-16-26(32-29)37-5/h6-7,16,18,21-23H,1-2,8-15,17,19-20H2,3-5H3. The Morgan fingerprint density at radius 1 is 1.16 bits per heavy atom. The van der Waals surface area contributed by atoms with Gasteiger partial charge in [-0.05, 0) is 51.7 Å². The van der Waals surface area contributed by atoms with Crippen LogP contribution in [-0.4, -0.2) is 62.6 Å². The first-order chi connectivity index (χ1) is 18.0. The van der Waals surface area contributed by atoms with Gasteiger partial charge in [-0.25, -0.2) is 9.97 Å². The van der Waals surface area contributed by atoms with E-state index in [1.807, 2.05) is 6.08 Å². The highest BCUT2D eigenvalue weighted by molar-refractivity contribution is 5.76. The number of aromatic nitrogens is 4. The SMILES string of the molecule is C=Cc1nc(C2CCC(C)N(c3nccc(OC)n3)C2)n(CCC(=O)N(CC)C2CCCCC2)c1C=C. The Balaban J connectivity index is 1.57. The van der Waals surface area contributed by atoms with Gasteiger partial charge in [-0.3, -0.25) is 4.79 Å². The molecule has 8 heteroatoms. The third-order valence-electron chi connectivity index (χ3n) is 8.01. The van der Waals surface area contributed by atoms with Gasteiger partial charge in [0.2, 0.25) is 17.7 Å². The Morgan fingerprint density at radius 2 is 1.95 bits per heavy atom. The van der Waals surface area contributed by atoms with Crippen molar-refractivity contribution in [2.24, 2.45) is 0 Å². The third-order valence-corrected chi connectivity index (χ3v) is 8.01. The number of hydrogen-bond donors (Lipinski definition) is 0. The molecule has 8 nitrogen and oxygen atoms in total. The van der Waals surface area contributed by atoms with Crippen LogP contribution in [0.15, 0.2) is 25.4 Å². The van der Waals surface area contributed by atoms with E-state index in [9.17, 15) is 4.79 Å². The number of carbonyl (C=O) groups excluding carboxylic acids is 1. The molecule has 3 heterocycles. The number of piperidine rings is 1. The number of imidazole rings is 1. The molecule has 37 heavy (non-hydrogen) atoms. The highest BCUT2D eigenvalue weighted by atomic mass is 16.5. The van der Waals surface area contributed by atoms with Gasteiger partial charge in [0.25, 0.3) is 0 Å². The van der Waals surface area contributed by atoms with Crippen molar-refractivity contribution in [3.63, 3.8) is 0 Å². The van der Waals surface area contributed by atoms with Gasteiger partial charge >= 0.3 is 0 Å². The average Bonchev–Trinajstić information content (AvgIpc) is 3.30. The number of methoxy groups -OCH3 is 1. The second kappa shape index (κ2) is 12.4. The van der Waals surface area contributed by atoms with Crippen molar-refractivity contribution in [3.8, 4) is 5.88 Å². The van der Waals surface area contributed by atoms with E-state index in [0.29, 0.717) is 36.9 Å². The second-order valence-electron chi connectivity index (χ2n) is 10.2. The zero-order valence-electron chi connectivity index (χ0n) is 22.7. The zero-order valence-corrected chi connectivity index (χ0v) is 22.7. The van der Waals surface area contributed by atoms with E-state index >= 15 is 0 Å². The summed E-state index contributed by atoms with van der Waals surface area (Å²) in [6.07, 6.45) is 13.8. The molecule has 0 N–H and O–H groups in total. The second-order valence-corrected chi connectivity index (χ2v) is 10.2. The quantitative estimate of drug-likeness (QED) is 0.435. The van der Waals surface area contributed by atoms with Gasteiger partial charge in [0.15, 0.2) is 0 Å². The number of anilines is 1. The highest BCUT2D eigenvalue weighted by Gasteiger charge is 2.32. The lowest BCUT2D eigenvalue weighted by atomic mass is 9.92. The minimum absolute atomic E-state index is 0.175. The summed E-state index contributed by atoms with van der Waals surface area (Å²) in [5.41, 5.74) is 1.75. The van der Waals surface area contributed by atoms with Gasteiger partial charge in [0, 0.05) is 56.3 Å². The van der Waals surface area contributed by atoms with Crippen LogP contribution < -0.4 is 9.64 Å². The molecule has 2 fully saturated rings. The fourth-order valence-corrected chi connectivity index (χ4v) is 5.98. The normalized spacial score (nSPS) is 20.5. The van der Waals surface area contributed by atoms with E-state index in [1.165, 1.54) is 19.3 Å². The van der Waals surface area contributed by atoms with E-state index in [0.717, 1.165) is 56.0 Å². The van der Waals surface area contributed by atoms with Crippen LogP contribution in [0.25, 0.3) is 12.2 Å². The Labute approximate surface area is 221 Å². The lowest BCUT2D eigenvalue weighted by molar-refractivity contribution is -0.134. The van der Waals surface area contributed by atoms with Crippen LogP contribution in [0.5, 0.6) is 5.88 Å². The summed E-state index contributed by atoms with van der Waals surface area (Å²) in [7, 11) is 1.62. The molecule has 2 aromatic rings. The van der Waals surface area contributed by atoms with Crippen molar-refractivity contribution < 1.29 is 9.53 Å². The summed E-state index contributed by atoms with van der Waals surface area (Å²) in [6.45, 7) is 14.4. The highest BCUT2D eigenvalue weighted by Crippen LogP contribution is 2.34. The molecule has 1 aliphatic heterocycles. The molecule has 1 saturated carbocycles. The minimum Gasteiger partial charge on any atom is -0.481 e. The Kier molecular flexibility index (Phi) is 9.00. The van der Waals surface area contributed by atoms with Gasteiger partial charge in [-0.2, -0.15) is 4.98 Å². The zero-order chi connectivity index (χ0) is 26.4. The van der Waals surface area contributed by atoms with Gasteiger partial charge < -0.3 is 19.1 Å². The molecule has 2 aromatic heterocycles. The molecule has 2 atom stereocenters. The summed E-state index contributed by atoms with van der Waals surface area (Å²) in [6, 6.07) is 2.45. The summed E-state index contributed by atoms with van der Waals surface area (Å²) in [4.78, 5) is 31.8. The van der Waals surface area contributed by atoms with E-state index in [4.69, 9.17) is 9.72 Å². The minimum atomic E-state index is 0.175. The topological polar surface area (TPSA) is 76.4 Å². The monoisotopic (exact) mass is 506 g/mol. The van der Waals surface area contributed by atoms with E-state index < -0.39 is 0 Å². The first-order valence-corrected chi connectivity index (χ1v) is 13.8. The average molecular weight is 507 g/mol. The Hall–Kier alpha value is -3.16. The molecule has 1 amide bonds. The lowest BCUT2D eigenvalue weighted by Gasteiger charge is -2.38. The number of amides is 1. The summed E-state index contributed by atoms with van der Waals surface area (Å²) in [5.74, 6) is 2.62. The van der Waals surface area contributed by atoms with Crippen LogP contribution in [0.3, 0.4) is 0 Å². The van der Waals surface area contributed by atoms with Crippen LogP contribution in [-0.2, 0) is 11.3 Å². The maximum Gasteiger partial charge on any atom is 0.228 e. The maximum absolute atomic E-state index is 13.4. The first kappa shape index (κ1) is 26.9. The van der Waals surface area contributed by atoms with Crippen LogP contribution in [0.2, 0.25) is 0 Å². The molecule has 1 aliphatic carbocycles. The number of nitrogens with zero attached hydrogens (tertiary/aromatic N) is 6. The van der Waals surface area contributed by atoms with Crippen molar-refractivity contribution in [1.29, 1.82) is 0 Å². The summed E-state index contributed by atoms with van der Waals surface area (Å²) >= 11 is 0. The molecule has 1 saturated heterocycles. The third kappa shape index (κ3) is 5.89. The Bertz CT molecular complexity index is 1090. The molecular formula is C29H42N6O2. The summed E-state index contributed by atoms with van der Waals surface area (Å²) in [5, 5.41) is 0. The fourth-order valence-electron chi connectivity index (χ4n) is 5.98. The van der Waals surface area contributed by atoms with Crippen LogP contribution in [0.1, 0.15) is 88.3 Å². The number of carbonyl (C=O) groups is 1. The molecule has 0 radical (unpaired) electrons. The molecule has 2 unspecified atom stereocenters. The smallest absolute Gasteiger partial charge is 0.228 e. The molecule has 0 spiro atoms. The van der Waals surface area contributed by atoms with E-state index in [-0.39, 0.29) is 11.8 Å². The predicted molar refractivity (Wildman–Crippen MR) is 149 cm³/mol. The van der Waals surface area contributed by atoms with E-state index in [2.05, 4.69) is 51.3 Å². The van der Waals surface area contributed by atoms with Gasteiger partial charge in [0.1, 0.15) is 5.82 Å². The largest absolute Gasteiger partial charge is 0.481 e. The number of rotatable bonds is 10. The van der Waals surface area contributed by atoms with Crippen molar-refractivity contribution in [2.75, 3.05) is 25.1 Å². The molecule has 4 rings (SSSR count). The van der Waals surface area contributed by atoms with Crippen molar-refractivity contribution >= 4 is 24.0 Å². The molecule has 0 aromatic carbocycles. The van der Waals surface area contributed by atoms with Gasteiger partial charge in [-0.1, -0.05) is 32.4 Å². The van der Waals surface area contributed by atoms with Crippen molar-refractivity contribution in [3.05, 3.63) is 42.6 Å². The van der Waals surface area contributed by atoms with Crippen LogP contribution in [0.4, 0.5) is 5.95 Å².